The minimum atomic E-state index is -0.526. The minimum absolute atomic E-state index is 0.104. The molecule has 0 radical (unpaired) electrons. The number of rotatable bonds is 4. The van der Waals surface area contributed by atoms with Crippen LogP contribution in [0, 0.1) is 17.0 Å². The Morgan fingerprint density at radius 1 is 1.50 bits per heavy atom. The molecule has 0 saturated carbocycles. The Kier molecular flexibility index (Phi) is 3.69. The maximum atomic E-state index is 12.0. The molecule has 0 aliphatic carbocycles. The van der Waals surface area contributed by atoms with Crippen molar-refractivity contribution in [2.24, 2.45) is 0 Å². The van der Waals surface area contributed by atoms with Gasteiger partial charge in [-0.25, -0.2) is 4.68 Å². The second-order valence-corrected chi connectivity index (χ2v) is 4.03. The lowest BCUT2D eigenvalue weighted by Gasteiger charge is -2.05. The normalized spacial score (nSPS) is 10.3. The zero-order chi connectivity index (χ0) is 14.7. The van der Waals surface area contributed by atoms with Crippen molar-refractivity contribution in [3.63, 3.8) is 0 Å². The Morgan fingerprint density at radius 3 is 2.90 bits per heavy atom. The number of nitrogens with zero attached hydrogens (tertiary/aromatic N) is 5. The molecule has 0 aliphatic rings. The molecular weight excluding hydrogens is 264 g/mol. The van der Waals surface area contributed by atoms with Crippen molar-refractivity contribution < 1.29 is 9.72 Å². The second kappa shape index (κ2) is 5.43. The average molecular weight is 276 g/mol. The van der Waals surface area contributed by atoms with Crippen molar-refractivity contribution in [1.29, 1.82) is 0 Å². The third kappa shape index (κ3) is 2.60. The molecule has 1 N–H and O–H groups in total. The van der Waals surface area contributed by atoms with Crippen LogP contribution in [-0.2, 0) is 6.54 Å². The predicted octanol–water partition coefficient (Wildman–Crippen LogP) is 1.16. The van der Waals surface area contributed by atoms with Crippen LogP contribution in [0.5, 0.6) is 0 Å². The first-order valence-electron chi connectivity index (χ1n) is 5.85. The summed E-state index contributed by atoms with van der Waals surface area (Å²) in [6.45, 7) is 3.93. The van der Waals surface area contributed by atoms with Crippen molar-refractivity contribution in [1.82, 2.24) is 20.2 Å². The maximum Gasteiger partial charge on any atom is 0.273 e. The van der Waals surface area contributed by atoms with Crippen molar-refractivity contribution in [3.05, 3.63) is 39.4 Å². The second-order valence-electron chi connectivity index (χ2n) is 4.03. The number of aromatic nitrogens is 4. The van der Waals surface area contributed by atoms with E-state index in [9.17, 15) is 14.9 Å². The lowest BCUT2D eigenvalue weighted by Crippen LogP contribution is -2.16. The Bertz CT molecular complexity index is 666. The number of hydrogen-bond donors (Lipinski definition) is 1. The van der Waals surface area contributed by atoms with Gasteiger partial charge in [0.1, 0.15) is 0 Å². The van der Waals surface area contributed by atoms with Gasteiger partial charge in [0.2, 0.25) is 5.95 Å². The van der Waals surface area contributed by atoms with Crippen LogP contribution >= 0.6 is 0 Å². The van der Waals surface area contributed by atoms with E-state index in [1.807, 2.05) is 6.92 Å². The molecule has 1 amide bonds. The summed E-state index contributed by atoms with van der Waals surface area (Å²) < 4.78 is 1.40. The van der Waals surface area contributed by atoms with Crippen molar-refractivity contribution in [2.45, 2.75) is 20.4 Å². The number of hydrogen-bond acceptors (Lipinski definition) is 6. The van der Waals surface area contributed by atoms with Gasteiger partial charge in [-0.3, -0.25) is 20.2 Å². The molecule has 0 saturated heterocycles. The molecule has 0 unspecified atom stereocenters. The van der Waals surface area contributed by atoms with E-state index < -0.39 is 10.8 Å². The van der Waals surface area contributed by atoms with E-state index >= 15 is 0 Å². The molecule has 2 aromatic rings. The Morgan fingerprint density at radius 2 is 2.25 bits per heavy atom. The van der Waals surface area contributed by atoms with Gasteiger partial charge < -0.3 is 0 Å². The largest absolute Gasteiger partial charge is 0.289 e. The van der Waals surface area contributed by atoms with Crippen molar-refractivity contribution in [3.8, 4) is 0 Å². The van der Waals surface area contributed by atoms with Crippen LogP contribution in [0.3, 0.4) is 0 Å². The topological polar surface area (TPSA) is 116 Å². The van der Waals surface area contributed by atoms with Gasteiger partial charge >= 0.3 is 0 Å². The molecule has 104 valence electrons. The van der Waals surface area contributed by atoms with E-state index in [0.29, 0.717) is 12.1 Å². The predicted molar refractivity (Wildman–Crippen MR) is 69.3 cm³/mol. The van der Waals surface area contributed by atoms with E-state index in [1.165, 1.54) is 22.9 Å². The summed E-state index contributed by atoms with van der Waals surface area (Å²) in [4.78, 5) is 22.3. The van der Waals surface area contributed by atoms with Crippen molar-refractivity contribution in [2.75, 3.05) is 5.32 Å². The standard InChI is InChI=1S/C11H12N6O3/c1-3-16-11(13-14-15-16)12-10(18)8-5-4-7(2)9(6-8)17(19)20/h4-6H,3H2,1-2H3,(H,12,13,15,18). The Hall–Kier alpha value is -2.84. The van der Waals surface area contributed by atoms with Gasteiger partial charge in [-0.1, -0.05) is 11.2 Å². The summed E-state index contributed by atoms with van der Waals surface area (Å²) in [5.74, 6) is -0.307. The van der Waals surface area contributed by atoms with Crippen LogP contribution in [0.25, 0.3) is 0 Å². The number of nitro benzene ring substituents is 1. The Labute approximate surface area is 113 Å². The number of benzene rings is 1. The fourth-order valence-corrected chi connectivity index (χ4v) is 1.63. The zero-order valence-electron chi connectivity index (χ0n) is 10.9. The SMILES string of the molecule is CCn1nnnc1NC(=O)c1ccc(C)c([N+](=O)[O-])c1. The van der Waals surface area contributed by atoms with Gasteiger partial charge in [0.25, 0.3) is 11.6 Å². The van der Waals surface area contributed by atoms with E-state index in [1.54, 1.807) is 6.92 Å². The van der Waals surface area contributed by atoms with Crippen LogP contribution < -0.4 is 5.32 Å². The third-order valence-corrected chi connectivity index (χ3v) is 2.72. The van der Waals surface area contributed by atoms with E-state index in [4.69, 9.17) is 0 Å². The molecule has 1 heterocycles. The number of nitrogens with one attached hydrogen (secondary N) is 1. The van der Waals surface area contributed by atoms with Crippen LogP contribution in [0.4, 0.5) is 11.6 Å². The van der Waals surface area contributed by atoms with Gasteiger partial charge in [-0.2, -0.15) is 0 Å². The molecule has 0 spiro atoms. The number of amides is 1. The van der Waals surface area contributed by atoms with Crippen LogP contribution in [0.15, 0.2) is 18.2 Å². The molecule has 0 fully saturated rings. The number of nitro groups is 1. The van der Waals surface area contributed by atoms with E-state index in [-0.39, 0.29) is 17.2 Å². The highest BCUT2D eigenvalue weighted by atomic mass is 16.6. The number of anilines is 1. The first-order chi connectivity index (χ1) is 9.52. The minimum Gasteiger partial charge on any atom is -0.289 e. The van der Waals surface area contributed by atoms with E-state index in [0.717, 1.165) is 0 Å². The monoisotopic (exact) mass is 276 g/mol. The van der Waals surface area contributed by atoms with Gasteiger partial charge in [-0.15, -0.1) is 0 Å². The third-order valence-electron chi connectivity index (χ3n) is 2.72. The molecule has 1 aromatic heterocycles. The molecule has 2 rings (SSSR count). The summed E-state index contributed by atoms with van der Waals surface area (Å²) in [6.07, 6.45) is 0. The average Bonchev–Trinajstić information content (AvgIpc) is 2.86. The number of tetrazole rings is 1. The highest BCUT2D eigenvalue weighted by Gasteiger charge is 2.16. The van der Waals surface area contributed by atoms with Gasteiger partial charge in [0.15, 0.2) is 0 Å². The highest BCUT2D eigenvalue weighted by Crippen LogP contribution is 2.19. The van der Waals surface area contributed by atoms with Crippen LogP contribution in [0.1, 0.15) is 22.8 Å². The summed E-state index contributed by atoms with van der Waals surface area (Å²) in [7, 11) is 0. The van der Waals surface area contributed by atoms with Gasteiger partial charge in [0.05, 0.1) is 4.92 Å². The molecule has 0 aliphatic heterocycles. The molecule has 0 atom stereocenters. The maximum absolute atomic E-state index is 12.0. The molecular formula is C11H12N6O3. The summed E-state index contributed by atoms with van der Waals surface area (Å²) in [5.41, 5.74) is 0.561. The van der Waals surface area contributed by atoms with Crippen LogP contribution in [-0.4, -0.2) is 31.0 Å². The Balaban J connectivity index is 2.26. The first-order valence-corrected chi connectivity index (χ1v) is 5.85. The quantitative estimate of drug-likeness (QED) is 0.661. The smallest absolute Gasteiger partial charge is 0.273 e. The number of carbonyl (C=O) groups is 1. The molecule has 9 heteroatoms. The lowest BCUT2D eigenvalue weighted by atomic mass is 10.1. The fourth-order valence-electron chi connectivity index (χ4n) is 1.63. The van der Waals surface area contributed by atoms with Crippen molar-refractivity contribution >= 4 is 17.5 Å². The molecule has 9 nitrogen and oxygen atoms in total. The van der Waals surface area contributed by atoms with E-state index in [2.05, 4.69) is 20.8 Å². The summed E-state index contributed by atoms with van der Waals surface area (Å²) >= 11 is 0. The summed E-state index contributed by atoms with van der Waals surface area (Å²) in [5, 5.41) is 24.1. The lowest BCUT2D eigenvalue weighted by molar-refractivity contribution is -0.385. The number of aryl methyl sites for hydroxylation is 2. The zero-order valence-corrected chi connectivity index (χ0v) is 10.9. The molecule has 0 bridgehead atoms. The highest BCUT2D eigenvalue weighted by molar-refractivity contribution is 6.03. The molecule has 1 aromatic carbocycles. The number of carbonyl (C=O) groups excluding carboxylic acids is 1. The first kappa shape index (κ1) is 13.6. The molecule has 20 heavy (non-hydrogen) atoms. The fraction of sp³-hybridized carbons (Fsp3) is 0.273. The van der Waals surface area contributed by atoms with Gasteiger partial charge in [-0.05, 0) is 30.3 Å². The summed E-state index contributed by atoms with van der Waals surface area (Å²) in [6, 6.07) is 4.26. The van der Waals surface area contributed by atoms with Crippen LogP contribution in [0.2, 0.25) is 0 Å². The van der Waals surface area contributed by atoms with Gasteiger partial charge in [0, 0.05) is 23.7 Å².